The van der Waals surface area contributed by atoms with Crippen molar-refractivity contribution in [1.82, 2.24) is 4.90 Å². The molecule has 2 unspecified atom stereocenters. The zero-order chi connectivity index (χ0) is 13.3. The molecule has 1 aromatic rings. The van der Waals surface area contributed by atoms with Crippen LogP contribution < -0.4 is 0 Å². The molecule has 0 bridgehead atoms. The molecule has 98 valence electrons. The number of hydrogen-bond acceptors (Lipinski definition) is 2. The number of rotatable bonds is 1. The monoisotopic (exact) mass is 327 g/mol. The highest BCUT2D eigenvalue weighted by molar-refractivity contribution is 9.10. The molecule has 0 aromatic heterocycles. The Morgan fingerprint density at radius 2 is 1.94 bits per heavy atom. The van der Waals surface area contributed by atoms with Crippen LogP contribution in [0, 0.1) is 6.92 Å². The Bertz CT molecular complexity index is 453. The summed E-state index contributed by atoms with van der Waals surface area (Å²) in [4.78, 5) is 14.5. The number of thioether (sulfide) groups is 1. The molecule has 1 amide bonds. The summed E-state index contributed by atoms with van der Waals surface area (Å²) in [5.41, 5.74) is 1.86. The minimum Gasteiger partial charge on any atom is -0.336 e. The van der Waals surface area contributed by atoms with Crippen LogP contribution in [-0.2, 0) is 0 Å². The van der Waals surface area contributed by atoms with Gasteiger partial charge in [0, 0.05) is 33.6 Å². The molecular formula is C14H18BrNOS. The van der Waals surface area contributed by atoms with Gasteiger partial charge in [0.05, 0.1) is 0 Å². The van der Waals surface area contributed by atoms with E-state index in [1.807, 2.05) is 41.8 Å². The third-order valence-corrected chi connectivity index (χ3v) is 4.86. The summed E-state index contributed by atoms with van der Waals surface area (Å²) in [5, 5.41) is 1.04. The first-order valence-corrected chi connectivity index (χ1v) is 7.92. The van der Waals surface area contributed by atoms with E-state index in [9.17, 15) is 4.79 Å². The van der Waals surface area contributed by atoms with Crippen molar-refractivity contribution in [3.05, 3.63) is 33.8 Å². The average molecular weight is 328 g/mol. The molecule has 1 fully saturated rings. The maximum atomic E-state index is 12.6. The highest BCUT2D eigenvalue weighted by Gasteiger charge is 2.27. The van der Waals surface area contributed by atoms with Crippen LogP contribution in [0.5, 0.6) is 0 Å². The normalized spacial score (nSPS) is 24.1. The first-order valence-electron chi connectivity index (χ1n) is 6.18. The third kappa shape index (κ3) is 3.09. The first kappa shape index (κ1) is 13.9. The second-order valence-corrected chi connectivity index (χ2v) is 7.72. The van der Waals surface area contributed by atoms with Crippen molar-refractivity contribution in [3.63, 3.8) is 0 Å². The van der Waals surface area contributed by atoms with Gasteiger partial charge in [-0.1, -0.05) is 35.8 Å². The lowest BCUT2D eigenvalue weighted by atomic mass is 10.1. The molecule has 1 aliphatic rings. The van der Waals surface area contributed by atoms with Crippen LogP contribution in [0.3, 0.4) is 0 Å². The molecule has 4 heteroatoms. The predicted molar refractivity (Wildman–Crippen MR) is 81.3 cm³/mol. The van der Waals surface area contributed by atoms with Crippen LogP contribution >= 0.6 is 27.7 Å². The number of aryl methyl sites for hydroxylation is 1. The zero-order valence-electron chi connectivity index (χ0n) is 10.9. The number of nitrogens with zero attached hydrogens (tertiary/aromatic N) is 1. The number of halogens is 1. The Morgan fingerprint density at radius 1 is 1.33 bits per heavy atom. The Balaban J connectivity index is 2.22. The molecule has 0 spiro atoms. The summed E-state index contributed by atoms with van der Waals surface area (Å²) >= 11 is 5.40. The summed E-state index contributed by atoms with van der Waals surface area (Å²) in [7, 11) is 0. The minimum atomic E-state index is 0.160. The van der Waals surface area contributed by atoms with Crippen molar-refractivity contribution in [1.29, 1.82) is 0 Å². The van der Waals surface area contributed by atoms with Gasteiger partial charge in [0.2, 0.25) is 0 Å². The van der Waals surface area contributed by atoms with Gasteiger partial charge < -0.3 is 4.90 Å². The van der Waals surface area contributed by atoms with Crippen LogP contribution in [0.2, 0.25) is 0 Å². The SMILES string of the molecule is Cc1ccc(Br)cc1C(=O)N1CC(C)SC(C)C1. The molecule has 1 heterocycles. The summed E-state index contributed by atoms with van der Waals surface area (Å²) in [6.45, 7) is 8.06. The van der Waals surface area contributed by atoms with Gasteiger partial charge in [-0.05, 0) is 24.6 Å². The van der Waals surface area contributed by atoms with Crippen LogP contribution in [0.15, 0.2) is 22.7 Å². The fourth-order valence-electron chi connectivity index (χ4n) is 2.34. The van der Waals surface area contributed by atoms with Crippen LogP contribution in [0.4, 0.5) is 0 Å². The van der Waals surface area contributed by atoms with Crippen LogP contribution in [0.25, 0.3) is 0 Å². The molecule has 0 aliphatic carbocycles. The molecule has 1 aliphatic heterocycles. The van der Waals surface area contributed by atoms with Gasteiger partial charge in [-0.2, -0.15) is 11.8 Å². The van der Waals surface area contributed by atoms with E-state index in [-0.39, 0.29) is 5.91 Å². The number of amides is 1. The number of carbonyl (C=O) groups is 1. The fraction of sp³-hybridized carbons (Fsp3) is 0.500. The molecule has 2 atom stereocenters. The van der Waals surface area contributed by atoms with E-state index >= 15 is 0 Å². The minimum absolute atomic E-state index is 0.160. The van der Waals surface area contributed by atoms with Gasteiger partial charge in [-0.3, -0.25) is 4.79 Å². The topological polar surface area (TPSA) is 20.3 Å². The zero-order valence-corrected chi connectivity index (χ0v) is 13.3. The standard InChI is InChI=1S/C14H18BrNOS/c1-9-4-5-12(15)6-13(9)14(17)16-7-10(2)18-11(3)8-16/h4-6,10-11H,7-8H2,1-3H3. The number of carbonyl (C=O) groups excluding carboxylic acids is 1. The van der Waals surface area contributed by atoms with Crippen molar-refractivity contribution >= 4 is 33.6 Å². The van der Waals surface area contributed by atoms with E-state index in [2.05, 4.69) is 29.8 Å². The maximum Gasteiger partial charge on any atom is 0.254 e. The van der Waals surface area contributed by atoms with Gasteiger partial charge in [-0.25, -0.2) is 0 Å². The Kier molecular flexibility index (Phi) is 4.38. The summed E-state index contributed by atoms with van der Waals surface area (Å²) in [5.74, 6) is 0.160. The molecule has 1 saturated heterocycles. The van der Waals surface area contributed by atoms with Gasteiger partial charge in [-0.15, -0.1) is 0 Å². The van der Waals surface area contributed by atoms with Gasteiger partial charge in [0.15, 0.2) is 0 Å². The molecule has 2 nitrogen and oxygen atoms in total. The molecule has 0 radical (unpaired) electrons. The summed E-state index contributed by atoms with van der Waals surface area (Å²) < 4.78 is 0.962. The lowest BCUT2D eigenvalue weighted by molar-refractivity contribution is 0.0752. The van der Waals surface area contributed by atoms with Gasteiger partial charge in [0.25, 0.3) is 5.91 Å². The largest absolute Gasteiger partial charge is 0.336 e. The van der Waals surface area contributed by atoms with E-state index in [1.165, 1.54) is 0 Å². The van der Waals surface area contributed by atoms with Gasteiger partial charge >= 0.3 is 0 Å². The fourth-order valence-corrected chi connectivity index (χ4v) is 4.02. The highest BCUT2D eigenvalue weighted by Crippen LogP contribution is 2.26. The maximum absolute atomic E-state index is 12.6. The van der Waals surface area contributed by atoms with E-state index in [0.717, 1.165) is 28.7 Å². The summed E-state index contributed by atoms with van der Waals surface area (Å²) in [6.07, 6.45) is 0. The average Bonchev–Trinajstić information content (AvgIpc) is 2.30. The number of benzene rings is 1. The number of hydrogen-bond donors (Lipinski definition) is 0. The molecular weight excluding hydrogens is 310 g/mol. The summed E-state index contributed by atoms with van der Waals surface area (Å²) in [6, 6.07) is 5.89. The second-order valence-electron chi connectivity index (χ2n) is 4.93. The smallest absolute Gasteiger partial charge is 0.254 e. The third-order valence-electron chi connectivity index (χ3n) is 3.14. The van der Waals surface area contributed by atoms with E-state index < -0.39 is 0 Å². The predicted octanol–water partition coefficient (Wildman–Crippen LogP) is 3.72. The van der Waals surface area contributed by atoms with Crippen molar-refractivity contribution in [2.45, 2.75) is 31.3 Å². The van der Waals surface area contributed by atoms with E-state index in [1.54, 1.807) is 0 Å². The van der Waals surface area contributed by atoms with Crippen LogP contribution in [0.1, 0.15) is 29.8 Å². The first-order chi connectivity index (χ1) is 8.47. The van der Waals surface area contributed by atoms with Crippen molar-refractivity contribution < 1.29 is 4.79 Å². The van der Waals surface area contributed by atoms with Crippen molar-refractivity contribution in [3.8, 4) is 0 Å². The Hall–Kier alpha value is -0.480. The lowest BCUT2D eigenvalue weighted by Gasteiger charge is -2.35. The van der Waals surface area contributed by atoms with Gasteiger partial charge in [0.1, 0.15) is 0 Å². The van der Waals surface area contributed by atoms with E-state index in [4.69, 9.17) is 0 Å². The quantitative estimate of drug-likeness (QED) is 0.783. The Morgan fingerprint density at radius 3 is 2.56 bits per heavy atom. The molecule has 0 saturated carbocycles. The molecule has 18 heavy (non-hydrogen) atoms. The molecule has 0 N–H and O–H groups in total. The molecule has 1 aromatic carbocycles. The highest BCUT2D eigenvalue weighted by atomic mass is 79.9. The molecule has 2 rings (SSSR count). The lowest BCUT2D eigenvalue weighted by Crippen LogP contribution is -2.44. The Labute approximate surface area is 121 Å². The van der Waals surface area contributed by atoms with Crippen molar-refractivity contribution in [2.24, 2.45) is 0 Å². The van der Waals surface area contributed by atoms with Crippen molar-refractivity contribution in [2.75, 3.05) is 13.1 Å². The van der Waals surface area contributed by atoms with Crippen LogP contribution in [-0.4, -0.2) is 34.4 Å². The van der Waals surface area contributed by atoms with E-state index in [0.29, 0.717) is 10.5 Å². The second kappa shape index (κ2) is 5.66.